The number of benzene rings is 1. The van der Waals surface area contributed by atoms with Gasteiger partial charge < -0.3 is 0 Å². The smallest absolute Gasteiger partial charge is 0.164 e. The zero-order valence-electron chi connectivity index (χ0n) is 8.53. The highest BCUT2D eigenvalue weighted by Crippen LogP contribution is 2.18. The fourth-order valence-corrected chi connectivity index (χ4v) is 1.43. The van der Waals surface area contributed by atoms with Gasteiger partial charge >= 0.3 is 0 Å². The van der Waals surface area contributed by atoms with Crippen LogP contribution in [0.2, 0.25) is 0 Å². The van der Waals surface area contributed by atoms with Crippen molar-refractivity contribution in [3.63, 3.8) is 0 Å². The molecule has 0 saturated carbocycles. The molecule has 0 amide bonds. The molecule has 0 heterocycles. The van der Waals surface area contributed by atoms with E-state index in [4.69, 9.17) is 7.85 Å². The minimum Gasteiger partial charge on any atom is -0.294 e. The second-order valence-corrected chi connectivity index (χ2v) is 4.24. The summed E-state index contributed by atoms with van der Waals surface area (Å²) in [5.41, 5.74) is 4.09. The molecule has 0 aliphatic rings. The molecule has 1 aromatic carbocycles. The summed E-state index contributed by atoms with van der Waals surface area (Å²) in [5.74, 6) is -0.0134. The highest BCUT2D eigenvalue weighted by atomic mass is 127. The van der Waals surface area contributed by atoms with Crippen LogP contribution in [0.3, 0.4) is 0 Å². The lowest BCUT2D eigenvalue weighted by atomic mass is 9.92. The standard InChI is InChI=1S/C9H9BINO3S/c1-2-9(13)7-5-6(10)3-4-8(7)12-14-15-16-11/h3-5,12H,2H2,1H3. The lowest BCUT2D eigenvalue weighted by molar-refractivity contribution is -0.158. The van der Waals surface area contributed by atoms with Crippen LogP contribution in [0.1, 0.15) is 23.7 Å². The van der Waals surface area contributed by atoms with Crippen molar-refractivity contribution in [2.45, 2.75) is 13.3 Å². The van der Waals surface area contributed by atoms with Crippen molar-refractivity contribution in [1.82, 2.24) is 0 Å². The number of hydrogen-bond donors (Lipinski definition) is 1. The molecule has 0 fully saturated rings. The van der Waals surface area contributed by atoms with Crippen LogP contribution in [-0.4, -0.2) is 13.6 Å². The highest BCUT2D eigenvalue weighted by Gasteiger charge is 2.09. The van der Waals surface area contributed by atoms with Gasteiger partial charge in [-0.05, 0) is 6.07 Å². The van der Waals surface area contributed by atoms with E-state index in [1.807, 2.05) is 21.2 Å². The average Bonchev–Trinajstić information content (AvgIpc) is 2.30. The summed E-state index contributed by atoms with van der Waals surface area (Å²) < 4.78 is 4.59. The molecule has 0 saturated heterocycles. The predicted molar refractivity (Wildman–Crippen MR) is 73.9 cm³/mol. The maximum Gasteiger partial charge on any atom is 0.164 e. The fourth-order valence-electron chi connectivity index (χ4n) is 1.15. The van der Waals surface area contributed by atoms with Crippen LogP contribution in [0.15, 0.2) is 18.2 Å². The minimum absolute atomic E-state index is 0.0134. The van der Waals surface area contributed by atoms with Gasteiger partial charge in [0.05, 0.1) is 5.69 Å². The van der Waals surface area contributed by atoms with Crippen LogP contribution in [0.25, 0.3) is 0 Å². The number of carbonyl (C=O) groups excluding carboxylic acids is 1. The minimum atomic E-state index is -0.0134. The molecule has 0 spiro atoms. The Bertz CT molecular complexity index is 378. The number of rotatable bonds is 6. The first-order chi connectivity index (χ1) is 7.69. The van der Waals surface area contributed by atoms with Crippen molar-refractivity contribution in [3.8, 4) is 0 Å². The molecule has 7 heteroatoms. The third-order valence-electron chi connectivity index (χ3n) is 1.88. The Morgan fingerprint density at radius 3 is 3.00 bits per heavy atom. The third-order valence-corrected chi connectivity index (χ3v) is 2.44. The maximum absolute atomic E-state index is 11.6. The molecule has 0 aliphatic carbocycles. The van der Waals surface area contributed by atoms with E-state index in [0.717, 1.165) is 9.21 Å². The summed E-state index contributed by atoms with van der Waals surface area (Å²) in [6.45, 7) is 1.79. The largest absolute Gasteiger partial charge is 0.294 e. The van der Waals surface area contributed by atoms with Gasteiger partial charge in [0.25, 0.3) is 0 Å². The zero-order valence-corrected chi connectivity index (χ0v) is 11.5. The molecule has 0 atom stereocenters. The molecule has 0 bridgehead atoms. The van der Waals surface area contributed by atoms with Crippen LogP contribution >= 0.6 is 30.4 Å². The normalized spacial score (nSPS) is 10.1. The average molecular weight is 349 g/mol. The van der Waals surface area contributed by atoms with E-state index in [0.29, 0.717) is 23.1 Å². The molecule has 0 aliphatic heterocycles. The van der Waals surface area contributed by atoms with Gasteiger partial charge in [-0.1, -0.05) is 24.5 Å². The SMILES string of the molecule is [B]c1ccc(NOOSI)c(C(=O)CC)c1. The fraction of sp³-hybridized carbons (Fsp3) is 0.222. The quantitative estimate of drug-likeness (QED) is 0.163. The first-order valence-electron chi connectivity index (χ1n) is 4.48. The number of carbonyl (C=O) groups is 1. The second kappa shape index (κ2) is 7.15. The van der Waals surface area contributed by atoms with E-state index in [-0.39, 0.29) is 5.78 Å². The molecule has 1 aromatic rings. The Kier molecular flexibility index (Phi) is 6.18. The van der Waals surface area contributed by atoms with Crippen molar-refractivity contribution in [3.05, 3.63) is 23.8 Å². The van der Waals surface area contributed by atoms with Gasteiger partial charge in [0.2, 0.25) is 0 Å². The molecule has 2 radical (unpaired) electrons. The van der Waals surface area contributed by atoms with Crippen LogP contribution in [0.4, 0.5) is 5.69 Å². The first kappa shape index (κ1) is 13.8. The molecule has 0 aromatic heterocycles. The molecular weight excluding hydrogens is 340 g/mol. The van der Waals surface area contributed by atoms with Gasteiger partial charge in [0.15, 0.2) is 5.78 Å². The number of halogens is 1. The lowest BCUT2D eigenvalue weighted by Crippen LogP contribution is -2.11. The molecule has 0 unspecified atom stereocenters. The molecule has 1 N–H and O–H groups in total. The summed E-state index contributed by atoms with van der Waals surface area (Å²) in [6, 6.07) is 4.95. The van der Waals surface area contributed by atoms with E-state index in [1.54, 1.807) is 25.1 Å². The van der Waals surface area contributed by atoms with Crippen molar-refractivity contribution >= 4 is 55.2 Å². The Hall–Kier alpha value is -0.245. The number of nitrogens with one attached hydrogen (secondary N) is 1. The van der Waals surface area contributed by atoms with Crippen molar-refractivity contribution in [1.29, 1.82) is 0 Å². The number of Topliss-reactive ketones (excluding diaryl/α,β-unsaturated/α-hetero) is 1. The number of anilines is 1. The van der Waals surface area contributed by atoms with Gasteiger partial charge in [-0.15, -0.1) is 9.32 Å². The Balaban J connectivity index is 2.85. The topological polar surface area (TPSA) is 47.6 Å². The summed E-state index contributed by atoms with van der Waals surface area (Å²) in [4.78, 5) is 16.3. The van der Waals surface area contributed by atoms with Gasteiger partial charge in [-0.2, -0.15) is 0 Å². The summed E-state index contributed by atoms with van der Waals surface area (Å²) in [7, 11) is 6.64. The first-order valence-corrected chi connectivity index (χ1v) is 7.77. The lowest BCUT2D eigenvalue weighted by Gasteiger charge is -2.09. The summed E-state index contributed by atoms with van der Waals surface area (Å²) >= 11 is 1.91. The monoisotopic (exact) mass is 349 g/mol. The van der Waals surface area contributed by atoms with E-state index in [2.05, 4.69) is 14.8 Å². The van der Waals surface area contributed by atoms with Crippen molar-refractivity contribution in [2.24, 2.45) is 0 Å². The third kappa shape index (κ3) is 3.97. The van der Waals surface area contributed by atoms with Crippen LogP contribution < -0.4 is 10.9 Å². The zero-order chi connectivity index (χ0) is 12.0. The Morgan fingerprint density at radius 1 is 1.62 bits per heavy atom. The maximum atomic E-state index is 11.6. The van der Waals surface area contributed by atoms with Gasteiger partial charge in [-0.25, -0.2) is 5.48 Å². The van der Waals surface area contributed by atoms with Crippen molar-refractivity contribution in [2.75, 3.05) is 5.48 Å². The summed E-state index contributed by atoms with van der Waals surface area (Å²) in [5, 5.41) is 0. The molecule has 1 rings (SSSR count). The molecule has 4 nitrogen and oxygen atoms in total. The van der Waals surface area contributed by atoms with E-state index < -0.39 is 0 Å². The predicted octanol–water partition coefficient (Wildman–Crippen LogP) is 2.35. The van der Waals surface area contributed by atoms with E-state index in [9.17, 15) is 4.79 Å². The number of ketones is 1. The Labute approximate surface area is 112 Å². The molecule has 16 heavy (non-hydrogen) atoms. The highest BCUT2D eigenvalue weighted by molar-refractivity contribution is 14.2. The molecule has 84 valence electrons. The van der Waals surface area contributed by atoms with Gasteiger partial charge in [0, 0.05) is 33.2 Å². The van der Waals surface area contributed by atoms with Crippen LogP contribution in [-0.2, 0) is 9.32 Å². The van der Waals surface area contributed by atoms with E-state index in [1.165, 1.54) is 0 Å². The molecular formula is C9H9BINO3S. The van der Waals surface area contributed by atoms with Crippen LogP contribution in [0, 0.1) is 0 Å². The van der Waals surface area contributed by atoms with Gasteiger partial charge in [-0.3, -0.25) is 4.79 Å². The van der Waals surface area contributed by atoms with Crippen molar-refractivity contribution < 1.29 is 14.1 Å². The number of hydrogen-bond acceptors (Lipinski definition) is 5. The Morgan fingerprint density at radius 2 is 2.38 bits per heavy atom. The van der Waals surface area contributed by atoms with Gasteiger partial charge in [0.1, 0.15) is 17.1 Å². The van der Waals surface area contributed by atoms with Crippen LogP contribution in [0.5, 0.6) is 0 Å². The second-order valence-electron chi connectivity index (χ2n) is 2.90. The van der Waals surface area contributed by atoms with E-state index >= 15 is 0 Å². The summed E-state index contributed by atoms with van der Waals surface area (Å²) in [6.07, 6.45) is 0.403.